The Kier molecular flexibility index (Phi) is 4.98. The molecule has 0 aliphatic heterocycles. The summed E-state index contributed by atoms with van der Waals surface area (Å²) in [6, 6.07) is 5.33. The fourth-order valence-corrected chi connectivity index (χ4v) is 2.53. The van der Waals surface area contributed by atoms with Crippen molar-refractivity contribution in [1.82, 2.24) is 4.90 Å². The number of hydrogen-bond donors (Lipinski definition) is 1. The summed E-state index contributed by atoms with van der Waals surface area (Å²) in [5, 5.41) is 9.43. The van der Waals surface area contributed by atoms with Gasteiger partial charge < -0.3 is 5.11 Å². The van der Waals surface area contributed by atoms with Gasteiger partial charge in [-0.15, -0.1) is 0 Å². The number of halogens is 2. The lowest BCUT2D eigenvalue weighted by molar-refractivity contribution is 0.108. The second kappa shape index (κ2) is 6.50. The van der Waals surface area contributed by atoms with Crippen molar-refractivity contribution < 1.29 is 9.50 Å². The van der Waals surface area contributed by atoms with Gasteiger partial charge in [-0.2, -0.15) is 0 Å². The Morgan fingerprint density at radius 1 is 1.39 bits per heavy atom. The molecule has 1 aliphatic rings. The summed E-state index contributed by atoms with van der Waals surface area (Å²) in [6.07, 6.45) is 4.29. The van der Waals surface area contributed by atoms with Gasteiger partial charge in [0.1, 0.15) is 5.82 Å². The average molecular weight is 272 g/mol. The van der Waals surface area contributed by atoms with Crippen LogP contribution in [0.4, 0.5) is 4.39 Å². The van der Waals surface area contributed by atoms with E-state index in [4.69, 9.17) is 16.7 Å². The fraction of sp³-hybridized carbons (Fsp3) is 0.571. The van der Waals surface area contributed by atoms with Crippen molar-refractivity contribution >= 4 is 11.6 Å². The highest BCUT2D eigenvalue weighted by molar-refractivity contribution is 6.31. The molecule has 0 spiro atoms. The molecule has 0 radical (unpaired) electrons. The fourth-order valence-electron chi connectivity index (χ4n) is 2.30. The van der Waals surface area contributed by atoms with E-state index in [1.165, 1.54) is 12.5 Å². The van der Waals surface area contributed by atoms with Gasteiger partial charge in [0.2, 0.25) is 0 Å². The molecule has 0 aromatic heterocycles. The third kappa shape index (κ3) is 3.22. The van der Waals surface area contributed by atoms with E-state index in [1.807, 2.05) is 0 Å². The first kappa shape index (κ1) is 13.8. The van der Waals surface area contributed by atoms with Crippen LogP contribution in [0.25, 0.3) is 0 Å². The van der Waals surface area contributed by atoms with Gasteiger partial charge in [-0.3, -0.25) is 4.90 Å². The predicted octanol–water partition coefficient (Wildman–Crippen LogP) is 3.22. The maximum atomic E-state index is 13.8. The number of nitrogens with zero attached hydrogens (tertiary/aromatic N) is 1. The molecule has 18 heavy (non-hydrogen) atoms. The van der Waals surface area contributed by atoms with Gasteiger partial charge in [-0.05, 0) is 31.4 Å². The van der Waals surface area contributed by atoms with E-state index >= 15 is 0 Å². The van der Waals surface area contributed by atoms with Crippen LogP contribution in [-0.2, 0) is 6.54 Å². The lowest BCUT2D eigenvalue weighted by atomic mass is 9.91. The van der Waals surface area contributed by atoms with Crippen molar-refractivity contribution in [2.75, 3.05) is 13.2 Å². The van der Waals surface area contributed by atoms with Crippen LogP contribution in [0.2, 0.25) is 5.02 Å². The summed E-state index contributed by atoms with van der Waals surface area (Å²) in [5.41, 5.74) is 0.573. The number of aliphatic hydroxyl groups excluding tert-OH is 1. The van der Waals surface area contributed by atoms with Crippen molar-refractivity contribution in [2.45, 2.75) is 38.3 Å². The zero-order valence-corrected chi connectivity index (χ0v) is 11.2. The zero-order valence-electron chi connectivity index (χ0n) is 10.4. The highest BCUT2D eigenvalue weighted by Gasteiger charge is 2.25. The smallest absolute Gasteiger partial charge is 0.129 e. The van der Waals surface area contributed by atoms with Crippen molar-refractivity contribution in [2.24, 2.45) is 0 Å². The van der Waals surface area contributed by atoms with Crippen LogP contribution in [0.1, 0.15) is 31.2 Å². The van der Waals surface area contributed by atoms with Crippen molar-refractivity contribution in [3.63, 3.8) is 0 Å². The van der Waals surface area contributed by atoms with Crippen molar-refractivity contribution in [3.8, 4) is 0 Å². The van der Waals surface area contributed by atoms with Gasteiger partial charge in [0, 0.05) is 36.3 Å². The Bertz CT molecular complexity index is 375. The van der Waals surface area contributed by atoms with Crippen molar-refractivity contribution in [3.05, 3.63) is 34.6 Å². The SMILES string of the molecule is OCCCN(Cc1c(F)cccc1Cl)C1CCC1. The minimum absolute atomic E-state index is 0.175. The molecule has 4 heteroatoms. The monoisotopic (exact) mass is 271 g/mol. The minimum atomic E-state index is -0.240. The Hall–Kier alpha value is -0.640. The first-order valence-corrected chi connectivity index (χ1v) is 6.88. The summed E-state index contributed by atoms with van der Waals surface area (Å²) in [4.78, 5) is 2.24. The van der Waals surface area contributed by atoms with E-state index in [0.29, 0.717) is 23.2 Å². The van der Waals surface area contributed by atoms with Crippen molar-refractivity contribution in [1.29, 1.82) is 0 Å². The highest BCUT2D eigenvalue weighted by Crippen LogP contribution is 2.28. The van der Waals surface area contributed by atoms with Gasteiger partial charge in [-0.1, -0.05) is 24.1 Å². The molecule has 1 aromatic rings. The molecule has 0 unspecified atom stereocenters. The van der Waals surface area contributed by atoms with Gasteiger partial charge in [-0.25, -0.2) is 4.39 Å². The van der Waals surface area contributed by atoms with Crippen LogP contribution in [0, 0.1) is 5.82 Å². The summed E-state index contributed by atoms with van der Waals surface area (Å²) < 4.78 is 13.8. The Balaban J connectivity index is 2.07. The first-order valence-electron chi connectivity index (χ1n) is 6.50. The normalized spacial score (nSPS) is 16.0. The summed E-state index contributed by atoms with van der Waals surface area (Å²) in [7, 11) is 0. The summed E-state index contributed by atoms with van der Waals surface area (Å²) in [5.74, 6) is -0.240. The topological polar surface area (TPSA) is 23.5 Å². The average Bonchev–Trinajstić information content (AvgIpc) is 2.28. The standard InChI is InChI=1S/C14H19ClFNO/c15-13-6-2-7-14(16)12(13)10-17(8-3-9-18)11-4-1-5-11/h2,6-7,11,18H,1,3-5,8-10H2. The van der Waals surface area contributed by atoms with Gasteiger partial charge in [0.15, 0.2) is 0 Å². The van der Waals surface area contributed by atoms with Crippen LogP contribution >= 0.6 is 11.6 Å². The van der Waals surface area contributed by atoms with Gasteiger partial charge >= 0.3 is 0 Å². The van der Waals surface area contributed by atoms with E-state index in [9.17, 15) is 4.39 Å². The van der Waals surface area contributed by atoms with Crippen LogP contribution < -0.4 is 0 Å². The molecule has 1 aromatic carbocycles. The van der Waals surface area contributed by atoms with Crippen LogP contribution in [-0.4, -0.2) is 29.2 Å². The lowest BCUT2D eigenvalue weighted by Crippen LogP contribution is -2.40. The Morgan fingerprint density at radius 2 is 2.17 bits per heavy atom. The molecule has 0 bridgehead atoms. The molecule has 2 nitrogen and oxygen atoms in total. The molecule has 1 N–H and O–H groups in total. The first-order chi connectivity index (χ1) is 8.72. The van der Waals surface area contributed by atoms with Crippen LogP contribution in [0.5, 0.6) is 0 Å². The van der Waals surface area contributed by atoms with Crippen LogP contribution in [0.15, 0.2) is 18.2 Å². The molecule has 2 rings (SSSR count). The second-order valence-electron chi connectivity index (χ2n) is 4.83. The minimum Gasteiger partial charge on any atom is -0.396 e. The zero-order chi connectivity index (χ0) is 13.0. The second-order valence-corrected chi connectivity index (χ2v) is 5.24. The van der Waals surface area contributed by atoms with Gasteiger partial charge in [0.05, 0.1) is 0 Å². The predicted molar refractivity (Wildman–Crippen MR) is 71.2 cm³/mol. The molecule has 100 valence electrons. The van der Waals surface area contributed by atoms with E-state index in [1.54, 1.807) is 12.1 Å². The Labute approximate surface area is 112 Å². The number of aliphatic hydroxyl groups is 1. The summed E-state index contributed by atoms with van der Waals surface area (Å²) in [6.45, 7) is 1.51. The molecule has 0 heterocycles. The molecular weight excluding hydrogens is 253 g/mol. The molecule has 0 amide bonds. The molecule has 1 aliphatic carbocycles. The van der Waals surface area contributed by atoms with Gasteiger partial charge in [0.25, 0.3) is 0 Å². The molecule has 0 saturated heterocycles. The largest absolute Gasteiger partial charge is 0.396 e. The molecular formula is C14H19ClFNO. The maximum absolute atomic E-state index is 13.8. The molecule has 0 atom stereocenters. The molecule has 1 saturated carbocycles. The third-order valence-electron chi connectivity index (χ3n) is 3.62. The number of rotatable bonds is 6. The van der Waals surface area contributed by atoms with E-state index < -0.39 is 0 Å². The number of benzene rings is 1. The quantitative estimate of drug-likeness (QED) is 0.859. The number of hydrogen-bond acceptors (Lipinski definition) is 2. The lowest BCUT2D eigenvalue weighted by Gasteiger charge is -2.37. The maximum Gasteiger partial charge on any atom is 0.129 e. The molecule has 1 fully saturated rings. The summed E-state index contributed by atoms with van der Waals surface area (Å²) >= 11 is 6.06. The van der Waals surface area contributed by atoms with E-state index in [-0.39, 0.29) is 12.4 Å². The van der Waals surface area contributed by atoms with E-state index in [2.05, 4.69) is 4.90 Å². The van der Waals surface area contributed by atoms with E-state index in [0.717, 1.165) is 25.8 Å². The highest BCUT2D eigenvalue weighted by atomic mass is 35.5. The third-order valence-corrected chi connectivity index (χ3v) is 3.97. The Morgan fingerprint density at radius 3 is 2.72 bits per heavy atom. The van der Waals surface area contributed by atoms with Crippen LogP contribution in [0.3, 0.4) is 0 Å².